The summed E-state index contributed by atoms with van der Waals surface area (Å²) in [5.41, 5.74) is 20.2. The summed E-state index contributed by atoms with van der Waals surface area (Å²) in [4.78, 5) is 7.79. The number of aromatic hydroxyl groups is 1. The number of nitrogens with two attached hydrogens (primary N) is 2. The van der Waals surface area contributed by atoms with Crippen LogP contribution >= 0.6 is 63.7 Å². The van der Waals surface area contributed by atoms with E-state index in [1.54, 1.807) is 6.07 Å². The number of anilines is 2. The molecule has 0 aliphatic carbocycles. The fourth-order valence-corrected chi connectivity index (χ4v) is 7.17. The first kappa shape index (κ1) is 65.3. The predicted molar refractivity (Wildman–Crippen MR) is 297 cm³/mol. The molecule has 0 aliphatic heterocycles. The van der Waals surface area contributed by atoms with Crippen LogP contribution in [0.25, 0.3) is 0 Å². The monoisotopic (exact) mass is 1190 g/mol. The number of halogens is 4. The number of nitriles is 2. The topological polar surface area (TPSA) is 183 Å². The Balaban J connectivity index is 0. The van der Waals surface area contributed by atoms with Gasteiger partial charge in [-0.25, -0.2) is 4.98 Å². The molecule has 372 valence electrons. The summed E-state index contributed by atoms with van der Waals surface area (Å²) in [5, 5.41) is 27.0. The minimum absolute atomic E-state index is 0. The molecule has 5 N–H and O–H groups in total. The Labute approximate surface area is 441 Å². The normalized spacial score (nSPS) is 10.3. The summed E-state index contributed by atoms with van der Waals surface area (Å²) >= 11 is 13.8. The fourth-order valence-electron chi connectivity index (χ4n) is 5.87. The minimum Gasteiger partial charge on any atom is -0.508 e. The quantitative estimate of drug-likeness (QED) is 0.0845. The lowest BCUT2D eigenvalue weighted by Crippen LogP contribution is -2.03. The van der Waals surface area contributed by atoms with E-state index in [-0.39, 0.29) is 46.4 Å². The van der Waals surface area contributed by atoms with Crippen molar-refractivity contribution < 1.29 is 24.1 Å². The van der Waals surface area contributed by atoms with Gasteiger partial charge in [0.2, 0.25) is 11.7 Å². The zero-order valence-electron chi connectivity index (χ0n) is 39.3. The molecule has 4 aromatic carbocycles. The van der Waals surface area contributed by atoms with Gasteiger partial charge in [-0.3, -0.25) is 0 Å². The third-order valence-corrected chi connectivity index (χ3v) is 13.0. The van der Waals surface area contributed by atoms with Gasteiger partial charge in [0.25, 0.3) is 0 Å². The Morgan fingerprint density at radius 1 is 0.632 bits per heavy atom. The van der Waals surface area contributed by atoms with Crippen molar-refractivity contribution in [2.24, 2.45) is 0 Å². The molecule has 0 unspecified atom stereocenters. The summed E-state index contributed by atoms with van der Waals surface area (Å²) < 4.78 is 25.5. The maximum Gasteiger partial charge on any atom is 0.238 e. The number of nitrogens with zero attached hydrogens (tertiary/aromatic N) is 4. The van der Waals surface area contributed by atoms with E-state index in [0.29, 0.717) is 40.9 Å². The van der Waals surface area contributed by atoms with Crippen LogP contribution in [0, 0.1) is 50.4 Å². The van der Waals surface area contributed by atoms with E-state index in [4.69, 9.17) is 40.9 Å². The van der Waals surface area contributed by atoms with Gasteiger partial charge in [0.05, 0.1) is 13.3 Å². The van der Waals surface area contributed by atoms with Crippen molar-refractivity contribution in [3.63, 3.8) is 0 Å². The van der Waals surface area contributed by atoms with Gasteiger partial charge in [0.15, 0.2) is 18.2 Å². The zero-order chi connectivity index (χ0) is 49.3. The first-order valence-corrected chi connectivity index (χ1v) is 23.9. The van der Waals surface area contributed by atoms with E-state index in [0.717, 1.165) is 68.3 Å². The Hall–Kier alpha value is -4.80. The smallest absolute Gasteiger partial charge is 0.238 e. The number of aryl methyl sites for hydroxylation is 4. The van der Waals surface area contributed by atoms with Crippen LogP contribution < -0.4 is 25.7 Å². The molecule has 1 heterocycles. The second kappa shape index (κ2) is 31.4. The zero-order valence-corrected chi connectivity index (χ0v) is 45.7. The number of rotatable bonds is 11. The van der Waals surface area contributed by atoms with Gasteiger partial charge in [-0.05, 0) is 120 Å². The van der Waals surface area contributed by atoms with Crippen LogP contribution in [0.5, 0.6) is 28.7 Å². The van der Waals surface area contributed by atoms with Crippen molar-refractivity contribution >= 4 is 75.5 Å². The Morgan fingerprint density at radius 3 is 1.44 bits per heavy atom. The Morgan fingerprint density at radius 2 is 1.03 bits per heavy atom. The molecule has 68 heavy (non-hydrogen) atoms. The molecular formula is C53H72Br4N6O5. The van der Waals surface area contributed by atoms with Crippen LogP contribution in [-0.2, 0) is 4.74 Å². The highest BCUT2D eigenvalue weighted by Crippen LogP contribution is 2.37. The van der Waals surface area contributed by atoms with Gasteiger partial charge < -0.3 is 35.5 Å². The minimum atomic E-state index is 0. The van der Waals surface area contributed by atoms with Crippen LogP contribution in [0.1, 0.15) is 146 Å². The van der Waals surface area contributed by atoms with Crippen molar-refractivity contribution in [1.29, 1.82) is 10.5 Å². The summed E-state index contributed by atoms with van der Waals surface area (Å²) in [6.07, 6.45) is 2.77. The van der Waals surface area contributed by atoms with Gasteiger partial charge in [0, 0.05) is 17.9 Å². The van der Waals surface area contributed by atoms with Crippen LogP contribution in [0.4, 0.5) is 11.8 Å². The molecule has 5 aromatic rings. The van der Waals surface area contributed by atoms with Crippen molar-refractivity contribution in [2.75, 3.05) is 25.2 Å². The van der Waals surface area contributed by atoms with Gasteiger partial charge >= 0.3 is 0 Å². The van der Waals surface area contributed by atoms with Gasteiger partial charge in [0.1, 0.15) is 41.4 Å². The van der Waals surface area contributed by atoms with Gasteiger partial charge in [-0.1, -0.05) is 166 Å². The van der Waals surface area contributed by atoms with E-state index in [1.807, 2.05) is 64.1 Å². The highest BCUT2D eigenvalue weighted by molar-refractivity contribution is 9.11. The molecule has 0 radical (unpaired) electrons. The number of hydrogen-bond donors (Lipinski definition) is 3. The average molecular weight is 1190 g/mol. The number of ether oxygens (including phenoxy) is 4. The molecule has 1 aromatic heterocycles. The third-order valence-electron chi connectivity index (χ3n) is 9.54. The van der Waals surface area contributed by atoms with Gasteiger partial charge in [-0.15, -0.1) is 0 Å². The van der Waals surface area contributed by atoms with Crippen molar-refractivity contribution in [1.82, 2.24) is 9.97 Å². The number of nitrogen functional groups attached to an aromatic ring is 2. The number of phenolic OH excluding ortho intramolecular Hbond substituents is 1. The lowest BCUT2D eigenvalue weighted by molar-refractivity contribution is 0.310. The van der Waals surface area contributed by atoms with E-state index < -0.39 is 0 Å². The summed E-state index contributed by atoms with van der Waals surface area (Å²) in [7, 11) is 1.48. The van der Waals surface area contributed by atoms with Crippen LogP contribution in [-0.4, -0.2) is 28.8 Å². The van der Waals surface area contributed by atoms with Crippen molar-refractivity contribution in [3.8, 4) is 40.9 Å². The number of hydrogen-bond acceptors (Lipinski definition) is 11. The van der Waals surface area contributed by atoms with E-state index >= 15 is 0 Å². The summed E-state index contributed by atoms with van der Waals surface area (Å²) in [6, 6.07) is 19.7. The van der Waals surface area contributed by atoms with E-state index in [2.05, 4.69) is 147 Å². The molecule has 0 bridgehead atoms. The molecule has 0 atom stereocenters. The Kier molecular flexibility index (Phi) is 30.1. The molecule has 5 rings (SSSR count). The average Bonchev–Trinajstić information content (AvgIpc) is 3.23. The molecule has 0 saturated heterocycles. The van der Waals surface area contributed by atoms with Crippen LogP contribution in [0.15, 0.2) is 84.6 Å². The summed E-state index contributed by atoms with van der Waals surface area (Å²) in [6.45, 7) is 25.0. The molecule has 0 spiro atoms. The second-order valence-electron chi connectivity index (χ2n) is 16.2. The highest BCUT2D eigenvalue weighted by atomic mass is 79.9. The third kappa shape index (κ3) is 20.0. The molecule has 15 heteroatoms. The summed E-state index contributed by atoms with van der Waals surface area (Å²) in [5.74, 6) is 4.88. The van der Waals surface area contributed by atoms with Crippen LogP contribution in [0.2, 0.25) is 0 Å². The Bertz CT molecular complexity index is 2510. The number of benzene rings is 4. The molecule has 0 saturated carbocycles. The molecule has 11 nitrogen and oxygen atoms in total. The maximum atomic E-state index is 9.56. The lowest BCUT2D eigenvalue weighted by Gasteiger charge is -2.16. The molecule has 0 aliphatic rings. The number of phenols is 1. The standard InChI is InChI=1S/C14H17BrN4O.C14H16BrNO2.C12H14BrNO.C10H13BrO.3CH4/c1-7(2)9-4-8(3)10(15)5-11(9)20-12-6-18-14(17)19-13(12)16;1-9(2)12-5-10(3)13(15)6-14(12)18-11(7-16)8-17-4;1-8(2)10-6-9(3)11(13)7-12(10)15-5-4-14;1-6(2)8-4-7(3)9(11)5-10(8)12;;;/h4-7H,1-3H3,(H4,16,17,18,19);5-6,8-9H,1-4H3;6-8H,5H2,1-3H3;4-6,12H,1-3H3;3*1H4/b;11-8+;;;;;. The number of methoxy groups -OCH3 is 1. The number of aromatic nitrogens is 2. The van der Waals surface area contributed by atoms with E-state index in [1.165, 1.54) is 25.1 Å². The van der Waals surface area contributed by atoms with Crippen molar-refractivity contribution in [3.05, 3.63) is 129 Å². The van der Waals surface area contributed by atoms with Crippen LogP contribution in [0.3, 0.4) is 0 Å². The second-order valence-corrected chi connectivity index (χ2v) is 19.6. The van der Waals surface area contributed by atoms with E-state index in [9.17, 15) is 5.11 Å². The first-order chi connectivity index (χ1) is 30.4. The maximum absolute atomic E-state index is 9.56. The fraction of sp³-hybridized carbons (Fsp3) is 0.396. The SMILES string of the molecule is C.C.C.CO/C=C(\C#N)Oc1cc(Br)c(C)cc1C(C)C.Cc1cc(C(C)C)c(O)cc1Br.Cc1cc(C(C)C)c(OCC#N)cc1Br.Cc1cc(C(C)C)c(Oc2cnc(N)nc2N)cc1Br. The van der Waals surface area contributed by atoms with Crippen molar-refractivity contribution in [2.45, 2.75) is 129 Å². The molecule has 0 amide bonds. The highest BCUT2D eigenvalue weighted by Gasteiger charge is 2.16. The molecular weight excluding hydrogens is 1120 g/mol. The van der Waals surface area contributed by atoms with Gasteiger partial charge in [-0.2, -0.15) is 15.5 Å². The predicted octanol–water partition coefficient (Wildman–Crippen LogP) is 17.2. The largest absolute Gasteiger partial charge is 0.508 e. The lowest BCUT2D eigenvalue weighted by atomic mass is 10.00. The molecule has 0 fully saturated rings. The first-order valence-electron chi connectivity index (χ1n) is 20.7. The number of allylic oxidation sites excluding steroid dienone is 1.